The summed E-state index contributed by atoms with van der Waals surface area (Å²) in [6.07, 6.45) is 4.83. The Balaban J connectivity index is 0.830. The fourth-order valence-corrected chi connectivity index (χ4v) is 12.4. The standard InChI is InChI=1S/C69H83N7O9/c1-46(39-70(33-29-48(3)41-73-62(78)54-15-7-8-16-55(54)63(73)79)34-30-49(4)42-74-64(80)56-17-9-10-18-57(56)65(74)81)27-37-72(45-52-23-25-53(77)26-24-52)38-28-47(2)40-71(35-31-50(5)43-75-66(82)58-19-11-12-20-59(58)67(75)83)36-32-51(6)44-76-68(84)60-21-13-14-22-61(60)69(76)85/h7-26,46-51,77H,27-45H2,1-6H3. The second kappa shape index (κ2) is 28.0. The number of rotatable bonds is 32. The molecule has 0 saturated carbocycles. The summed E-state index contributed by atoms with van der Waals surface area (Å²) in [5, 5.41) is 10.2. The lowest BCUT2D eigenvalue weighted by Crippen LogP contribution is -2.38. The Hall–Kier alpha value is -7.66. The molecular formula is C69H83N7O9. The molecule has 5 aromatic rings. The van der Waals surface area contributed by atoms with Crippen LogP contribution in [0.3, 0.4) is 0 Å². The molecule has 16 nitrogen and oxygen atoms in total. The molecule has 85 heavy (non-hydrogen) atoms. The van der Waals surface area contributed by atoms with E-state index < -0.39 is 0 Å². The SMILES string of the molecule is CC(CCN(CCC(C)CN(CCC(C)CN1C(=O)c2ccccc2C1=O)CCC(C)CN1C(=O)c2ccccc2C1=O)Cc1ccc(O)cc1)CN(CCC(C)CN1C(=O)c2ccccc2C1=O)CCC(C)CN1C(=O)c2ccccc2C1=O. The highest BCUT2D eigenvalue weighted by molar-refractivity contribution is 6.23. The van der Waals surface area contributed by atoms with Crippen LogP contribution in [0.2, 0.25) is 0 Å². The lowest BCUT2D eigenvalue weighted by molar-refractivity contribution is 0.0606. The van der Waals surface area contributed by atoms with E-state index in [9.17, 15) is 43.5 Å². The van der Waals surface area contributed by atoms with Gasteiger partial charge in [-0.25, -0.2) is 0 Å². The highest BCUT2D eigenvalue weighted by Gasteiger charge is 2.39. The van der Waals surface area contributed by atoms with Gasteiger partial charge in [0, 0.05) is 45.8 Å². The number of carbonyl (C=O) groups excluding carboxylic acids is 8. The van der Waals surface area contributed by atoms with Crippen molar-refractivity contribution in [2.24, 2.45) is 35.5 Å². The van der Waals surface area contributed by atoms with Crippen molar-refractivity contribution in [3.05, 3.63) is 171 Å². The predicted molar refractivity (Wildman–Crippen MR) is 326 cm³/mol. The Labute approximate surface area is 500 Å². The molecule has 0 aromatic heterocycles. The van der Waals surface area contributed by atoms with E-state index in [1.807, 2.05) is 12.1 Å². The van der Waals surface area contributed by atoms with Gasteiger partial charge in [-0.3, -0.25) is 62.9 Å². The third-order valence-corrected chi connectivity index (χ3v) is 17.6. The summed E-state index contributed by atoms with van der Waals surface area (Å²) >= 11 is 0. The number of carbonyl (C=O) groups is 8. The van der Waals surface area contributed by atoms with Crippen LogP contribution in [0.5, 0.6) is 5.75 Å². The predicted octanol–water partition coefficient (Wildman–Crippen LogP) is 10.1. The number of fused-ring (bicyclic) bond motifs is 4. The van der Waals surface area contributed by atoms with E-state index in [0.29, 0.717) is 77.2 Å². The molecule has 448 valence electrons. The van der Waals surface area contributed by atoms with Crippen molar-refractivity contribution in [2.75, 3.05) is 78.5 Å². The second-order valence-electron chi connectivity index (χ2n) is 25.0. The van der Waals surface area contributed by atoms with Gasteiger partial charge in [0.25, 0.3) is 47.3 Å². The van der Waals surface area contributed by atoms with Gasteiger partial charge in [0.05, 0.1) is 44.5 Å². The molecule has 0 aliphatic carbocycles. The van der Waals surface area contributed by atoms with Crippen LogP contribution in [-0.2, 0) is 6.54 Å². The lowest BCUT2D eigenvalue weighted by Gasteiger charge is -2.31. The van der Waals surface area contributed by atoms with E-state index >= 15 is 0 Å². The van der Waals surface area contributed by atoms with Gasteiger partial charge in [-0.2, -0.15) is 0 Å². The maximum absolute atomic E-state index is 13.3. The van der Waals surface area contributed by atoms with E-state index in [-0.39, 0.29) is 88.5 Å². The first-order valence-electron chi connectivity index (χ1n) is 30.6. The second-order valence-corrected chi connectivity index (χ2v) is 25.0. The van der Waals surface area contributed by atoms with E-state index in [1.54, 1.807) is 109 Å². The van der Waals surface area contributed by atoms with Crippen LogP contribution in [-0.4, -0.2) is 165 Å². The molecule has 9 rings (SSSR count). The summed E-state index contributed by atoms with van der Waals surface area (Å²) < 4.78 is 0. The van der Waals surface area contributed by atoms with Gasteiger partial charge in [-0.1, -0.05) is 102 Å². The Morgan fingerprint density at radius 1 is 0.306 bits per heavy atom. The molecule has 4 heterocycles. The molecular weight excluding hydrogens is 1070 g/mol. The van der Waals surface area contributed by atoms with Crippen molar-refractivity contribution < 1.29 is 43.5 Å². The zero-order valence-corrected chi connectivity index (χ0v) is 50.3. The third kappa shape index (κ3) is 14.9. The van der Waals surface area contributed by atoms with Gasteiger partial charge < -0.3 is 14.9 Å². The summed E-state index contributed by atoms with van der Waals surface area (Å²) in [5.41, 5.74) is 4.66. The number of benzene rings is 5. The van der Waals surface area contributed by atoms with Crippen LogP contribution in [0, 0.1) is 35.5 Å². The molecule has 1 N–H and O–H groups in total. The Bertz CT molecular complexity index is 2770. The molecule has 0 fully saturated rings. The summed E-state index contributed by atoms with van der Waals surface area (Å²) in [6.45, 7) is 21.1. The van der Waals surface area contributed by atoms with Crippen LogP contribution in [0.15, 0.2) is 121 Å². The average molecular weight is 1150 g/mol. The minimum Gasteiger partial charge on any atom is -0.508 e. The van der Waals surface area contributed by atoms with Gasteiger partial charge in [-0.15, -0.1) is 0 Å². The molecule has 4 aliphatic heterocycles. The quantitative estimate of drug-likeness (QED) is 0.0404. The Morgan fingerprint density at radius 3 is 0.753 bits per heavy atom. The summed E-state index contributed by atoms with van der Waals surface area (Å²) in [7, 11) is 0. The third-order valence-electron chi connectivity index (χ3n) is 17.6. The van der Waals surface area contributed by atoms with E-state index in [4.69, 9.17) is 0 Å². The number of amides is 8. The molecule has 4 aliphatic rings. The molecule has 0 saturated heterocycles. The molecule has 0 bridgehead atoms. The number of phenolic OH excluding ortho intramolecular Hbond substituents is 1. The highest BCUT2D eigenvalue weighted by atomic mass is 16.3. The lowest BCUT2D eigenvalue weighted by atomic mass is 10.0. The molecule has 0 radical (unpaired) electrons. The van der Waals surface area contributed by atoms with Crippen molar-refractivity contribution in [1.82, 2.24) is 34.3 Å². The van der Waals surface area contributed by atoms with Gasteiger partial charge in [0.1, 0.15) is 5.75 Å². The molecule has 8 amide bonds. The molecule has 0 spiro atoms. The van der Waals surface area contributed by atoms with Crippen molar-refractivity contribution in [3.63, 3.8) is 0 Å². The number of imide groups is 4. The van der Waals surface area contributed by atoms with Crippen LogP contribution < -0.4 is 0 Å². The largest absolute Gasteiger partial charge is 0.508 e. The first-order valence-corrected chi connectivity index (χ1v) is 30.6. The Morgan fingerprint density at radius 2 is 0.518 bits per heavy atom. The topological polar surface area (TPSA) is 179 Å². The first kappa shape index (κ1) is 61.9. The van der Waals surface area contributed by atoms with Crippen LogP contribution in [0.1, 0.15) is 168 Å². The molecule has 5 aromatic carbocycles. The average Bonchev–Trinajstić information content (AvgIpc) is 4.15. The van der Waals surface area contributed by atoms with Crippen molar-refractivity contribution >= 4 is 47.3 Å². The summed E-state index contributed by atoms with van der Waals surface area (Å²) in [5.74, 6) is -1.10. The van der Waals surface area contributed by atoms with E-state index in [2.05, 4.69) is 56.2 Å². The van der Waals surface area contributed by atoms with Crippen LogP contribution >= 0.6 is 0 Å². The van der Waals surface area contributed by atoms with Gasteiger partial charge in [0.15, 0.2) is 0 Å². The number of nitrogens with zero attached hydrogens (tertiary/aromatic N) is 7. The zero-order valence-electron chi connectivity index (χ0n) is 50.3. The first-order chi connectivity index (χ1) is 40.8. The van der Waals surface area contributed by atoms with Gasteiger partial charge >= 0.3 is 0 Å². The summed E-state index contributed by atoms with van der Waals surface area (Å²) in [6, 6.07) is 35.3. The van der Waals surface area contributed by atoms with Crippen LogP contribution in [0.4, 0.5) is 0 Å². The van der Waals surface area contributed by atoms with Crippen LogP contribution in [0.25, 0.3) is 0 Å². The van der Waals surface area contributed by atoms with Crippen molar-refractivity contribution in [1.29, 1.82) is 0 Å². The molecule has 6 atom stereocenters. The minimum absolute atomic E-state index is 0.0378. The number of hydrogen-bond donors (Lipinski definition) is 1. The fraction of sp³-hybridized carbons (Fsp3) is 0.449. The zero-order chi connectivity index (χ0) is 60.5. The van der Waals surface area contributed by atoms with Crippen molar-refractivity contribution in [2.45, 2.75) is 86.6 Å². The summed E-state index contributed by atoms with van der Waals surface area (Å²) in [4.78, 5) is 120. The number of aromatic hydroxyl groups is 1. The number of hydrogen-bond acceptors (Lipinski definition) is 12. The Kier molecular flexibility index (Phi) is 20.4. The van der Waals surface area contributed by atoms with E-state index in [0.717, 1.165) is 96.4 Å². The van der Waals surface area contributed by atoms with E-state index in [1.165, 1.54) is 19.6 Å². The van der Waals surface area contributed by atoms with Gasteiger partial charge in [0.2, 0.25) is 0 Å². The van der Waals surface area contributed by atoms with Gasteiger partial charge in [-0.05, 0) is 180 Å². The minimum atomic E-state index is -0.253. The molecule has 6 unspecified atom stereocenters. The normalized spacial score (nSPS) is 17.0. The fourth-order valence-electron chi connectivity index (χ4n) is 12.4. The smallest absolute Gasteiger partial charge is 0.261 e. The molecule has 16 heteroatoms. The highest BCUT2D eigenvalue weighted by Crippen LogP contribution is 2.29. The van der Waals surface area contributed by atoms with Crippen molar-refractivity contribution in [3.8, 4) is 5.75 Å². The monoisotopic (exact) mass is 1150 g/mol. The number of phenols is 1. The maximum Gasteiger partial charge on any atom is 0.261 e. The maximum atomic E-state index is 13.3.